The number of hydrogen-bond donors (Lipinski definition) is 2. The molecule has 1 aromatic carbocycles. The third-order valence-corrected chi connectivity index (χ3v) is 7.89. The van der Waals surface area contributed by atoms with E-state index in [0.29, 0.717) is 24.0 Å². The predicted octanol–water partition coefficient (Wildman–Crippen LogP) is 4.69. The van der Waals surface area contributed by atoms with Gasteiger partial charge in [0.1, 0.15) is 22.8 Å². The highest BCUT2D eigenvalue weighted by Gasteiger charge is 2.43. The van der Waals surface area contributed by atoms with Gasteiger partial charge in [-0.3, -0.25) is 19.4 Å². The zero-order chi connectivity index (χ0) is 31.6. The Hall–Kier alpha value is -4.56. The molecule has 0 bridgehead atoms. The summed E-state index contributed by atoms with van der Waals surface area (Å²) >= 11 is 5.97. The molecule has 12 heteroatoms. The summed E-state index contributed by atoms with van der Waals surface area (Å²) in [7, 11) is 0. The van der Waals surface area contributed by atoms with E-state index in [4.69, 9.17) is 27.9 Å². The molecule has 0 spiro atoms. The fraction of sp³-hybridized carbons (Fsp3) is 0.355. The van der Waals surface area contributed by atoms with Gasteiger partial charge in [-0.05, 0) is 63.6 Å². The molecule has 2 unspecified atom stereocenters. The van der Waals surface area contributed by atoms with Crippen molar-refractivity contribution in [3.8, 4) is 18.1 Å². The summed E-state index contributed by atoms with van der Waals surface area (Å²) in [6.45, 7) is 7.14. The largest absolute Gasteiger partial charge is 0.478 e. The van der Waals surface area contributed by atoms with Crippen molar-refractivity contribution < 1.29 is 33.4 Å². The second-order valence-corrected chi connectivity index (χ2v) is 11.1. The minimum atomic E-state index is -1.10. The van der Waals surface area contributed by atoms with E-state index < -0.39 is 35.2 Å². The number of carbonyl (C=O) groups excluding carboxylic acids is 3. The van der Waals surface area contributed by atoms with Gasteiger partial charge in [0.15, 0.2) is 11.9 Å². The molecule has 3 aliphatic rings. The van der Waals surface area contributed by atoms with Gasteiger partial charge >= 0.3 is 5.97 Å². The average molecular weight is 609 g/mol. The number of amides is 3. The minimum absolute atomic E-state index is 0.00184. The summed E-state index contributed by atoms with van der Waals surface area (Å²) in [5.74, 6) is -0.305. The van der Waals surface area contributed by atoms with Crippen molar-refractivity contribution >= 4 is 46.8 Å². The molecule has 10 nitrogen and oxygen atoms in total. The van der Waals surface area contributed by atoms with E-state index in [1.54, 1.807) is 13.8 Å². The van der Waals surface area contributed by atoms with Crippen LogP contribution in [0.15, 0.2) is 46.6 Å². The fourth-order valence-electron chi connectivity index (χ4n) is 4.78. The molecule has 3 amide bonds. The van der Waals surface area contributed by atoms with E-state index in [0.717, 1.165) is 23.8 Å². The van der Waals surface area contributed by atoms with Crippen LogP contribution in [0.1, 0.15) is 69.4 Å². The topological polar surface area (TPSA) is 138 Å². The molecule has 2 N–H and O–H groups in total. The Morgan fingerprint density at radius 2 is 1.81 bits per heavy atom. The maximum atomic E-state index is 14.4. The third kappa shape index (κ3) is 6.01. The number of hydrogen-bond acceptors (Lipinski definition) is 7. The average Bonchev–Trinajstić information content (AvgIpc) is 3.43. The van der Waals surface area contributed by atoms with Gasteiger partial charge in [-0.1, -0.05) is 31.4 Å². The lowest BCUT2D eigenvalue weighted by atomic mass is 9.89. The van der Waals surface area contributed by atoms with Crippen molar-refractivity contribution in [3.05, 3.63) is 63.7 Å². The molecular weight excluding hydrogens is 579 g/mol. The first kappa shape index (κ1) is 31.4. The van der Waals surface area contributed by atoms with Gasteiger partial charge in [0, 0.05) is 23.4 Å². The third-order valence-electron chi connectivity index (χ3n) is 7.59. The van der Waals surface area contributed by atoms with Crippen molar-refractivity contribution in [1.29, 1.82) is 0 Å². The van der Waals surface area contributed by atoms with Crippen LogP contribution in [0.25, 0.3) is 0 Å². The van der Waals surface area contributed by atoms with Crippen LogP contribution in [-0.2, 0) is 14.4 Å². The number of benzene rings is 1. The highest BCUT2D eigenvalue weighted by molar-refractivity contribution is 6.34. The Bertz CT molecular complexity index is 1600. The lowest BCUT2D eigenvalue weighted by Gasteiger charge is -2.21. The zero-order valence-corrected chi connectivity index (χ0v) is 24.8. The maximum absolute atomic E-state index is 14.4. The molecule has 2 aromatic rings. The lowest BCUT2D eigenvalue weighted by Crippen LogP contribution is -2.41. The number of terminal acetylenes is 1. The van der Waals surface area contributed by atoms with E-state index in [2.05, 4.69) is 21.2 Å². The van der Waals surface area contributed by atoms with Crippen LogP contribution in [0.5, 0.6) is 5.75 Å². The van der Waals surface area contributed by atoms with Crippen LogP contribution in [0.2, 0.25) is 5.02 Å². The van der Waals surface area contributed by atoms with Crippen LogP contribution in [-0.4, -0.2) is 51.3 Å². The van der Waals surface area contributed by atoms with Gasteiger partial charge in [0.2, 0.25) is 0 Å². The molecule has 2 atom stereocenters. The Balaban J connectivity index is 0.000000203. The van der Waals surface area contributed by atoms with Crippen molar-refractivity contribution in [1.82, 2.24) is 10.3 Å². The number of amidine groups is 1. The van der Waals surface area contributed by atoms with Crippen molar-refractivity contribution in [2.24, 2.45) is 10.9 Å². The highest BCUT2D eigenvalue weighted by Crippen LogP contribution is 2.39. The molecule has 2 aliphatic heterocycles. The number of aliphatic imine (C=N–C) groups is 1. The Morgan fingerprint density at radius 3 is 2.35 bits per heavy atom. The molecule has 1 aromatic heterocycles. The molecule has 0 saturated carbocycles. The van der Waals surface area contributed by atoms with E-state index >= 15 is 0 Å². The number of carbonyl (C=O) groups is 4. The number of nitrogens with zero attached hydrogens (tertiary/aromatic N) is 3. The molecule has 43 heavy (non-hydrogen) atoms. The molecule has 3 heterocycles. The highest BCUT2D eigenvalue weighted by atomic mass is 35.5. The first-order chi connectivity index (χ1) is 20.3. The van der Waals surface area contributed by atoms with E-state index in [9.17, 15) is 23.6 Å². The minimum Gasteiger partial charge on any atom is -0.478 e. The smallest absolute Gasteiger partial charge is 0.338 e. The van der Waals surface area contributed by atoms with Crippen LogP contribution in [0.3, 0.4) is 0 Å². The van der Waals surface area contributed by atoms with Gasteiger partial charge in [0.25, 0.3) is 17.7 Å². The fourth-order valence-corrected chi connectivity index (χ4v) is 4.97. The molecule has 224 valence electrons. The van der Waals surface area contributed by atoms with Crippen LogP contribution in [0, 0.1) is 24.1 Å². The van der Waals surface area contributed by atoms with Crippen molar-refractivity contribution in [2.45, 2.75) is 65.0 Å². The standard InChI is InChI=1S/C18H15ClFNO3.C13H15N3O3/c1-3-10(2)24-16-9-15(14(20)8-13(16)19)21-17(22)11-6-4-5-7-12(11)18(21)23;1-7(2)13(3)12(19)15-10(16-13)9-8(11(17)18)5-4-6-14-9/h1,8-10H,4-7H2,2H3;4-7H,1-3H3,(H,17,18)(H,15,16,19). The summed E-state index contributed by atoms with van der Waals surface area (Å²) in [5, 5.41) is 11.8. The van der Waals surface area contributed by atoms with Crippen LogP contribution < -0.4 is 15.0 Å². The second-order valence-electron chi connectivity index (χ2n) is 10.7. The summed E-state index contributed by atoms with van der Waals surface area (Å²) in [5.41, 5.74) is 0.133. The van der Waals surface area contributed by atoms with Gasteiger partial charge in [-0.25, -0.2) is 19.1 Å². The number of rotatable bonds is 6. The summed E-state index contributed by atoms with van der Waals surface area (Å²) in [6, 6.07) is 5.24. The Labute approximate surface area is 253 Å². The van der Waals surface area contributed by atoms with Crippen molar-refractivity contribution in [2.75, 3.05) is 4.90 Å². The molecule has 0 fully saturated rings. The van der Waals surface area contributed by atoms with E-state index in [1.807, 2.05) is 13.8 Å². The maximum Gasteiger partial charge on any atom is 0.338 e. The van der Waals surface area contributed by atoms with Gasteiger partial charge in [-0.15, -0.1) is 6.42 Å². The number of ether oxygens (including phenoxy) is 1. The predicted molar refractivity (Wildman–Crippen MR) is 157 cm³/mol. The molecule has 1 aliphatic carbocycles. The number of carboxylic acid groups (broad SMARTS) is 1. The Morgan fingerprint density at radius 1 is 1.19 bits per heavy atom. The van der Waals surface area contributed by atoms with Gasteiger partial charge in [-0.2, -0.15) is 0 Å². The second kappa shape index (κ2) is 12.4. The van der Waals surface area contributed by atoms with Crippen molar-refractivity contribution in [3.63, 3.8) is 0 Å². The summed E-state index contributed by atoms with van der Waals surface area (Å²) in [6.07, 6.45) is 8.94. The first-order valence-electron chi connectivity index (χ1n) is 13.6. The molecule has 0 radical (unpaired) electrons. The number of aromatic nitrogens is 1. The zero-order valence-electron chi connectivity index (χ0n) is 24.0. The number of carboxylic acids is 1. The number of halogens is 2. The lowest BCUT2D eigenvalue weighted by molar-refractivity contribution is -0.124. The number of aromatic carboxylic acids is 1. The van der Waals surface area contributed by atoms with E-state index in [-0.39, 0.29) is 45.4 Å². The quantitative estimate of drug-likeness (QED) is 0.358. The van der Waals surface area contributed by atoms with Gasteiger partial charge < -0.3 is 15.2 Å². The first-order valence-corrected chi connectivity index (χ1v) is 14.0. The Kier molecular flexibility index (Phi) is 9.01. The van der Waals surface area contributed by atoms with Crippen LogP contribution in [0.4, 0.5) is 10.1 Å². The summed E-state index contributed by atoms with van der Waals surface area (Å²) in [4.78, 5) is 57.5. The number of nitrogens with one attached hydrogen (secondary N) is 1. The number of anilines is 1. The van der Waals surface area contributed by atoms with E-state index in [1.165, 1.54) is 24.4 Å². The normalized spacial score (nSPS) is 20.2. The number of imide groups is 1. The molecule has 0 saturated heterocycles. The molecule has 5 rings (SSSR count). The number of pyridine rings is 1. The van der Waals surface area contributed by atoms with Gasteiger partial charge in [0.05, 0.1) is 16.3 Å². The summed E-state index contributed by atoms with van der Waals surface area (Å²) < 4.78 is 19.8. The monoisotopic (exact) mass is 608 g/mol. The SMILES string of the molecule is C#CC(C)Oc1cc(N2C(=O)C3=C(CCCC3)C2=O)c(F)cc1Cl.CC(C)C1(C)N=C(c2ncccc2C(=O)O)NC1=O. The molecular formula is C31H30ClFN4O6. The van der Waals surface area contributed by atoms with Crippen LogP contribution >= 0.6 is 11.6 Å².